The van der Waals surface area contributed by atoms with Crippen LogP contribution in [0.5, 0.6) is 0 Å². The summed E-state index contributed by atoms with van der Waals surface area (Å²) in [5.41, 5.74) is 2.97. The summed E-state index contributed by atoms with van der Waals surface area (Å²) < 4.78 is 0. The zero-order chi connectivity index (χ0) is 15.4. The number of benzene rings is 2. The minimum absolute atomic E-state index is 0.0648. The molecule has 0 heterocycles. The van der Waals surface area contributed by atoms with Crippen LogP contribution in [0.3, 0.4) is 0 Å². The maximum atomic E-state index is 11.8. The first-order chi connectivity index (χ1) is 10.0. The van der Waals surface area contributed by atoms with Gasteiger partial charge in [0, 0.05) is 36.5 Å². The Kier molecular flexibility index (Phi) is 4.91. The average molecular weight is 300 g/mol. The van der Waals surface area contributed by atoms with Gasteiger partial charge in [-0.15, -0.1) is 0 Å². The van der Waals surface area contributed by atoms with Crippen LogP contribution in [0.15, 0.2) is 52.3 Å². The molecule has 4 heteroatoms. The first-order valence-corrected chi connectivity index (χ1v) is 7.61. The number of hydrogen-bond acceptors (Lipinski definition) is 3. The van der Waals surface area contributed by atoms with Gasteiger partial charge in [0.1, 0.15) is 0 Å². The molecule has 0 aliphatic heterocycles. The molecule has 110 valence electrons. The van der Waals surface area contributed by atoms with E-state index < -0.39 is 0 Å². The molecular formula is C17H20N2OS. The van der Waals surface area contributed by atoms with Crippen LogP contribution in [0.2, 0.25) is 0 Å². The van der Waals surface area contributed by atoms with E-state index in [1.807, 2.05) is 37.2 Å². The first kappa shape index (κ1) is 15.4. The molecule has 0 bridgehead atoms. The molecule has 0 radical (unpaired) electrons. The molecule has 0 saturated carbocycles. The number of aryl methyl sites for hydroxylation is 1. The summed E-state index contributed by atoms with van der Waals surface area (Å²) in [6, 6.07) is 14.2. The van der Waals surface area contributed by atoms with Crippen molar-refractivity contribution in [1.82, 2.24) is 5.32 Å². The predicted molar refractivity (Wildman–Crippen MR) is 89.5 cm³/mol. The minimum Gasteiger partial charge on any atom is -0.377 e. The standard InChI is InChI=1S/C17H20N2OS/c1-12-5-8-14(9-6-12)21-16-10-7-13(17(20)18-2)11-15(16)19(3)4/h5-11H,1-4H3,(H,18,20). The highest BCUT2D eigenvalue weighted by atomic mass is 32.2. The number of rotatable bonds is 4. The highest BCUT2D eigenvalue weighted by Gasteiger charge is 2.11. The minimum atomic E-state index is -0.0648. The third kappa shape index (κ3) is 3.79. The molecule has 0 atom stereocenters. The number of nitrogens with one attached hydrogen (secondary N) is 1. The van der Waals surface area contributed by atoms with Gasteiger partial charge in [0.15, 0.2) is 0 Å². The summed E-state index contributed by atoms with van der Waals surface area (Å²) in [5.74, 6) is -0.0648. The van der Waals surface area contributed by atoms with Gasteiger partial charge < -0.3 is 10.2 Å². The fourth-order valence-corrected chi connectivity index (χ4v) is 2.98. The number of carbonyl (C=O) groups is 1. The fraction of sp³-hybridized carbons (Fsp3) is 0.235. The largest absolute Gasteiger partial charge is 0.377 e. The van der Waals surface area contributed by atoms with Gasteiger partial charge in [-0.2, -0.15) is 0 Å². The Morgan fingerprint density at radius 1 is 1.10 bits per heavy atom. The lowest BCUT2D eigenvalue weighted by Crippen LogP contribution is -2.19. The van der Waals surface area contributed by atoms with Crippen LogP contribution in [0.1, 0.15) is 15.9 Å². The van der Waals surface area contributed by atoms with Crippen LogP contribution < -0.4 is 10.2 Å². The predicted octanol–water partition coefficient (Wildman–Crippen LogP) is 3.57. The van der Waals surface area contributed by atoms with E-state index in [1.165, 1.54) is 10.5 Å². The van der Waals surface area contributed by atoms with E-state index in [-0.39, 0.29) is 5.91 Å². The Morgan fingerprint density at radius 3 is 2.33 bits per heavy atom. The Balaban J connectivity index is 2.34. The molecule has 2 aromatic carbocycles. The molecule has 1 amide bonds. The van der Waals surface area contributed by atoms with Crippen molar-refractivity contribution in [3.63, 3.8) is 0 Å². The maximum Gasteiger partial charge on any atom is 0.251 e. The van der Waals surface area contributed by atoms with Crippen molar-refractivity contribution >= 4 is 23.4 Å². The van der Waals surface area contributed by atoms with Gasteiger partial charge >= 0.3 is 0 Å². The van der Waals surface area contributed by atoms with Gasteiger partial charge in [-0.05, 0) is 37.3 Å². The fourth-order valence-electron chi connectivity index (χ4n) is 1.97. The summed E-state index contributed by atoms with van der Waals surface area (Å²) in [7, 11) is 5.62. The SMILES string of the molecule is CNC(=O)c1ccc(Sc2ccc(C)cc2)c(N(C)C)c1. The molecule has 1 N–H and O–H groups in total. The summed E-state index contributed by atoms with van der Waals surface area (Å²) in [6.45, 7) is 2.08. The molecule has 2 aromatic rings. The van der Waals surface area contributed by atoms with Gasteiger partial charge in [-0.3, -0.25) is 4.79 Å². The molecule has 3 nitrogen and oxygen atoms in total. The van der Waals surface area contributed by atoms with Gasteiger partial charge in [-0.25, -0.2) is 0 Å². The molecule has 0 saturated heterocycles. The van der Waals surface area contributed by atoms with Crippen LogP contribution in [0.25, 0.3) is 0 Å². The van der Waals surface area contributed by atoms with Crippen molar-refractivity contribution in [1.29, 1.82) is 0 Å². The third-order valence-electron chi connectivity index (χ3n) is 3.18. The third-order valence-corrected chi connectivity index (χ3v) is 4.25. The normalized spacial score (nSPS) is 10.3. The second-order valence-corrected chi connectivity index (χ2v) is 6.19. The highest BCUT2D eigenvalue weighted by molar-refractivity contribution is 7.99. The number of carbonyl (C=O) groups excluding carboxylic acids is 1. The molecular weight excluding hydrogens is 280 g/mol. The van der Waals surface area contributed by atoms with Crippen LogP contribution in [0, 0.1) is 6.92 Å². The Labute approximate surface area is 130 Å². The molecule has 0 fully saturated rings. The van der Waals surface area contributed by atoms with Crippen molar-refractivity contribution in [2.24, 2.45) is 0 Å². The number of amides is 1. The Bertz CT molecular complexity index is 636. The smallest absolute Gasteiger partial charge is 0.251 e. The van der Waals surface area contributed by atoms with E-state index in [9.17, 15) is 4.79 Å². The van der Waals surface area contributed by atoms with Crippen LogP contribution in [0.4, 0.5) is 5.69 Å². The zero-order valence-corrected chi connectivity index (χ0v) is 13.6. The van der Waals surface area contributed by atoms with Crippen molar-refractivity contribution in [3.8, 4) is 0 Å². The molecule has 0 spiro atoms. The van der Waals surface area contributed by atoms with E-state index in [4.69, 9.17) is 0 Å². The van der Waals surface area contributed by atoms with Crippen molar-refractivity contribution in [2.45, 2.75) is 16.7 Å². The monoisotopic (exact) mass is 300 g/mol. The van der Waals surface area contributed by atoms with Crippen molar-refractivity contribution in [2.75, 3.05) is 26.0 Å². The second-order valence-electron chi connectivity index (χ2n) is 5.07. The van der Waals surface area contributed by atoms with Gasteiger partial charge in [0.25, 0.3) is 5.91 Å². The Hall–Kier alpha value is -1.94. The van der Waals surface area contributed by atoms with Crippen molar-refractivity contribution in [3.05, 3.63) is 53.6 Å². The van der Waals surface area contributed by atoms with Crippen LogP contribution in [-0.4, -0.2) is 27.1 Å². The Morgan fingerprint density at radius 2 is 1.76 bits per heavy atom. The van der Waals surface area contributed by atoms with E-state index >= 15 is 0 Å². The van der Waals surface area contributed by atoms with Gasteiger partial charge in [0.2, 0.25) is 0 Å². The van der Waals surface area contributed by atoms with Crippen LogP contribution in [-0.2, 0) is 0 Å². The topological polar surface area (TPSA) is 32.3 Å². The molecule has 2 rings (SSSR count). The molecule has 0 aromatic heterocycles. The molecule has 0 aliphatic carbocycles. The number of hydrogen-bond donors (Lipinski definition) is 1. The summed E-state index contributed by atoms with van der Waals surface area (Å²) in [6.07, 6.45) is 0. The van der Waals surface area contributed by atoms with E-state index in [2.05, 4.69) is 36.5 Å². The number of anilines is 1. The average Bonchev–Trinajstić information content (AvgIpc) is 2.49. The maximum absolute atomic E-state index is 11.8. The highest BCUT2D eigenvalue weighted by Crippen LogP contribution is 2.35. The summed E-state index contributed by atoms with van der Waals surface area (Å²) >= 11 is 1.71. The van der Waals surface area contributed by atoms with Crippen molar-refractivity contribution < 1.29 is 4.79 Å². The first-order valence-electron chi connectivity index (χ1n) is 6.79. The molecule has 0 unspecified atom stereocenters. The van der Waals surface area contributed by atoms with Gasteiger partial charge in [0.05, 0.1) is 5.69 Å². The second kappa shape index (κ2) is 6.68. The lowest BCUT2D eigenvalue weighted by molar-refractivity contribution is 0.0963. The van der Waals surface area contributed by atoms with E-state index in [0.29, 0.717) is 5.56 Å². The zero-order valence-electron chi connectivity index (χ0n) is 12.8. The summed E-state index contributed by atoms with van der Waals surface area (Å²) in [5, 5.41) is 2.66. The number of nitrogens with zero attached hydrogens (tertiary/aromatic N) is 1. The summed E-state index contributed by atoms with van der Waals surface area (Å²) in [4.78, 5) is 16.1. The lowest BCUT2D eigenvalue weighted by Gasteiger charge is -2.18. The van der Waals surface area contributed by atoms with Gasteiger partial charge in [-0.1, -0.05) is 29.5 Å². The lowest BCUT2D eigenvalue weighted by atomic mass is 10.2. The van der Waals surface area contributed by atoms with E-state index in [0.717, 1.165) is 10.6 Å². The quantitative estimate of drug-likeness (QED) is 0.937. The van der Waals surface area contributed by atoms with Crippen LogP contribution >= 0.6 is 11.8 Å². The van der Waals surface area contributed by atoms with E-state index in [1.54, 1.807) is 18.8 Å². The molecule has 21 heavy (non-hydrogen) atoms. The molecule has 0 aliphatic rings.